The van der Waals surface area contributed by atoms with Gasteiger partial charge in [0.05, 0.1) is 0 Å². The number of halogens is 3. The summed E-state index contributed by atoms with van der Waals surface area (Å²) in [5.74, 6) is -4.47. The lowest BCUT2D eigenvalue weighted by Gasteiger charge is -2.07. The van der Waals surface area contributed by atoms with Crippen LogP contribution < -0.4 is 0 Å². The lowest BCUT2D eigenvalue weighted by Crippen LogP contribution is -2.26. The van der Waals surface area contributed by atoms with E-state index < -0.39 is 18.1 Å². The lowest BCUT2D eigenvalue weighted by atomic mass is 10.2. The molecule has 0 heterocycles. The second-order valence-electron chi connectivity index (χ2n) is 1.58. The fourth-order valence-corrected chi connectivity index (χ4v) is 0.134. The highest BCUT2D eigenvalue weighted by Gasteiger charge is 2.42. The topological polar surface area (TPSA) is 37.0 Å². The molecule has 0 N–H and O–H groups in total. The van der Waals surface area contributed by atoms with E-state index in [0.29, 0.717) is 6.92 Å². The van der Waals surface area contributed by atoms with Crippen LogP contribution in [0.4, 0.5) is 13.2 Å². The highest BCUT2D eigenvalue weighted by atomic mass is 19.4. The Morgan fingerprint density at radius 2 is 1.78 bits per heavy atom. The molecule has 1 atom stereocenters. The van der Waals surface area contributed by atoms with Crippen LogP contribution in [0.3, 0.4) is 0 Å². The average molecular weight is 141 g/mol. The van der Waals surface area contributed by atoms with E-state index in [9.17, 15) is 23.1 Å². The summed E-state index contributed by atoms with van der Waals surface area (Å²) in [6.07, 6.45) is -4.68. The van der Waals surface area contributed by atoms with Crippen LogP contribution in [0.1, 0.15) is 6.92 Å². The maximum atomic E-state index is 11.3. The van der Waals surface area contributed by atoms with Gasteiger partial charge in [-0.3, -0.25) is 0 Å². The van der Waals surface area contributed by atoms with Gasteiger partial charge in [-0.2, -0.15) is 13.2 Å². The first-order valence-corrected chi connectivity index (χ1v) is 2.13. The molecule has 0 aliphatic carbocycles. The highest BCUT2D eigenvalue weighted by Crippen LogP contribution is 2.25. The zero-order chi connectivity index (χ0) is 7.65. The molecular formula is C4H4F3O2. The van der Waals surface area contributed by atoms with E-state index in [4.69, 9.17) is 0 Å². The average Bonchev–Trinajstić information content (AvgIpc) is 1.62. The van der Waals surface area contributed by atoms with Crippen molar-refractivity contribution in [2.75, 3.05) is 0 Å². The Morgan fingerprint density at radius 3 is 1.78 bits per heavy atom. The summed E-state index contributed by atoms with van der Waals surface area (Å²) < 4.78 is 33.8. The fraction of sp³-hybridized carbons (Fsp3) is 0.750. The summed E-state index contributed by atoms with van der Waals surface area (Å²) in [6, 6.07) is 0. The van der Waals surface area contributed by atoms with Crippen LogP contribution in [0.15, 0.2) is 0 Å². The predicted molar refractivity (Wildman–Crippen MR) is 20.9 cm³/mol. The number of rotatable bonds is 1. The molecule has 0 saturated carbocycles. The summed E-state index contributed by atoms with van der Waals surface area (Å²) in [5, 5.41) is 9.51. The Balaban J connectivity index is 4.04. The molecule has 9 heavy (non-hydrogen) atoms. The van der Waals surface area contributed by atoms with E-state index in [2.05, 4.69) is 0 Å². The molecule has 0 unspecified atom stereocenters. The standard InChI is InChI=1S/C4H4F3O2/c1-2(3(8)9)4(5,6)7/h2H,1H3/t2-/m1/s1. The molecule has 0 aromatic carbocycles. The number of hydrogen-bond acceptors (Lipinski definition) is 1. The van der Waals surface area contributed by atoms with Crippen LogP contribution in [0, 0.1) is 5.92 Å². The molecule has 1 radical (unpaired) electrons. The number of hydrogen-bond donors (Lipinski definition) is 0. The summed E-state index contributed by atoms with van der Waals surface area (Å²) in [5.41, 5.74) is 0. The smallest absolute Gasteiger partial charge is 0.247 e. The van der Waals surface area contributed by atoms with E-state index in [1.54, 1.807) is 0 Å². The maximum Gasteiger partial charge on any atom is 0.402 e. The molecule has 53 valence electrons. The molecule has 5 heteroatoms. The van der Waals surface area contributed by atoms with Crippen molar-refractivity contribution in [1.29, 1.82) is 0 Å². The first-order valence-electron chi connectivity index (χ1n) is 2.13. The first-order chi connectivity index (χ1) is 3.85. The van der Waals surface area contributed by atoms with Crippen LogP contribution in [-0.4, -0.2) is 12.1 Å². The van der Waals surface area contributed by atoms with Crippen molar-refractivity contribution in [3.8, 4) is 0 Å². The molecule has 0 saturated heterocycles. The monoisotopic (exact) mass is 141 g/mol. The largest absolute Gasteiger partial charge is 0.402 e. The van der Waals surface area contributed by atoms with Gasteiger partial charge in [0.1, 0.15) is 0 Å². The highest BCUT2D eigenvalue weighted by molar-refractivity contribution is 5.69. The minimum Gasteiger partial charge on any atom is -0.247 e. The molecule has 0 aliphatic heterocycles. The third kappa shape index (κ3) is 2.34. The predicted octanol–water partition coefficient (Wildman–Crippen LogP) is 1.14. The SMILES string of the molecule is C[C@H](C([O])=O)C(F)(F)F. The third-order valence-electron chi connectivity index (χ3n) is 0.845. The Hall–Kier alpha value is -0.740. The van der Waals surface area contributed by atoms with Gasteiger partial charge in [-0.25, -0.2) is 9.90 Å². The fourth-order valence-electron chi connectivity index (χ4n) is 0.134. The molecule has 0 bridgehead atoms. The second-order valence-corrected chi connectivity index (χ2v) is 1.58. The second kappa shape index (κ2) is 2.24. The van der Waals surface area contributed by atoms with Gasteiger partial charge in [0, 0.05) is 0 Å². The van der Waals surface area contributed by atoms with Crippen LogP contribution in [0.5, 0.6) is 0 Å². The van der Waals surface area contributed by atoms with E-state index in [1.807, 2.05) is 0 Å². The van der Waals surface area contributed by atoms with Crippen LogP contribution in [0.25, 0.3) is 0 Å². The van der Waals surface area contributed by atoms with Crippen molar-refractivity contribution in [2.45, 2.75) is 13.1 Å². The van der Waals surface area contributed by atoms with Gasteiger partial charge in [0.15, 0.2) is 5.92 Å². The van der Waals surface area contributed by atoms with E-state index in [0.717, 1.165) is 0 Å². The van der Waals surface area contributed by atoms with Crippen molar-refractivity contribution < 1.29 is 23.1 Å². The van der Waals surface area contributed by atoms with Crippen molar-refractivity contribution in [3.05, 3.63) is 0 Å². The first kappa shape index (κ1) is 8.26. The Bertz CT molecular complexity index is 117. The van der Waals surface area contributed by atoms with Gasteiger partial charge < -0.3 is 0 Å². The van der Waals surface area contributed by atoms with Crippen molar-refractivity contribution >= 4 is 5.97 Å². The maximum absolute atomic E-state index is 11.3. The van der Waals surface area contributed by atoms with Crippen molar-refractivity contribution in [2.24, 2.45) is 5.92 Å². The van der Waals surface area contributed by atoms with Crippen LogP contribution in [-0.2, 0) is 9.90 Å². The van der Waals surface area contributed by atoms with Gasteiger partial charge in [0.25, 0.3) is 0 Å². The van der Waals surface area contributed by atoms with Gasteiger partial charge in [-0.1, -0.05) is 0 Å². The summed E-state index contributed by atoms with van der Waals surface area (Å²) in [6.45, 7) is 0.537. The minimum absolute atomic E-state index is 0.537. The van der Waals surface area contributed by atoms with E-state index in [1.165, 1.54) is 0 Å². The molecule has 0 rings (SSSR count). The van der Waals surface area contributed by atoms with Crippen LogP contribution >= 0.6 is 0 Å². The Labute approximate surface area is 49.3 Å². The third-order valence-corrected chi connectivity index (χ3v) is 0.845. The molecule has 0 fully saturated rings. The van der Waals surface area contributed by atoms with Gasteiger partial charge in [-0.05, 0) is 6.92 Å². The molecular weight excluding hydrogens is 137 g/mol. The quantitative estimate of drug-likeness (QED) is 0.539. The van der Waals surface area contributed by atoms with Crippen LogP contribution in [0.2, 0.25) is 0 Å². The normalized spacial score (nSPS) is 15.1. The zero-order valence-electron chi connectivity index (χ0n) is 4.53. The van der Waals surface area contributed by atoms with E-state index >= 15 is 0 Å². The van der Waals surface area contributed by atoms with Crippen molar-refractivity contribution in [3.63, 3.8) is 0 Å². The molecule has 0 aliphatic rings. The molecule has 0 spiro atoms. The zero-order valence-corrected chi connectivity index (χ0v) is 4.53. The lowest BCUT2D eigenvalue weighted by molar-refractivity contribution is -0.194. The van der Waals surface area contributed by atoms with Gasteiger partial charge in [-0.15, -0.1) is 0 Å². The van der Waals surface area contributed by atoms with Crippen molar-refractivity contribution in [1.82, 2.24) is 0 Å². The van der Waals surface area contributed by atoms with E-state index in [-0.39, 0.29) is 0 Å². The van der Waals surface area contributed by atoms with Gasteiger partial charge >= 0.3 is 12.1 Å². The molecule has 0 amide bonds. The summed E-state index contributed by atoms with van der Waals surface area (Å²) in [7, 11) is 0. The summed E-state index contributed by atoms with van der Waals surface area (Å²) in [4.78, 5) is 9.51. The summed E-state index contributed by atoms with van der Waals surface area (Å²) >= 11 is 0. The number of alkyl halides is 3. The molecule has 0 aromatic rings. The Kier molecular flexibility index (Phi) is 2.06. The Morgan fingerprint density at radius 1 is 1.44 bits per heavy atom. The molecule has 2 nitrogen and oxygen atoms in total. The minimum atomic E-state index is -4.68. The van der Waals surface area contributed by atoms with Gasteiger partial charge in [0.2, 0.25) is 0 Å². The number of carbonyl (C=O) groups excluding carboxylic acids is 1. The molecule has 0 aromatic heterocycles. The number of carbonyl (C=O) groups is 1.